The summed E-state index contributed by atoms with van der Waals surface area (Å²) < 4.78 is 10.2. The smallest absolute Gasteiger partial charge is 0.409 e. The minimum absolute atomic E-state index is 0.218. The molecule has 0 N–H and O–H groups in total. The molecule has 0 atom stereocenters. The molecule has 0 radical (unpaired) electrons. The van der Waals surface area contributed by atoms with Gasteiger partial charge < -0.3 is 14.4 Å². The summed E-state index contributed by atoms with van der Waals surface area (Å²) in [6.07, 6.45) is -0.218. The summed E-state index contributed by atoms with van der Waals surface area (Å²) in [4.78, 5) is 15.6. The van der Waals surface area contributed by atoms with E-state index in [1.165, 1.54) is 0 Å². The molecule has 0 bridgehead atoms. The number of rotatable bonds is 3. The topological polar surface area (TPSA) is 42.0 Å². The first kappa shape index (κ1) is 16.2. The summed E-state index contributed by atoms with van der Waals surface area (Å²) in [5.41, 5.74) is 0.949. The predicted molar refractivity (Wildman–Crippen MR) is 84.9 cm³/mol. The van der Waals surface area contributed by atoms with Crippen molar-refractivity contribution >= 4 is 6.09 Å². The minimum Gasteiger partial charge on any atom is -0.497 e. The van der Waals surface area contributed by atoms with Gasteiger partial charge in [-0.1, -0.05) is 17.9 Å². The number of nitrogens with zero attached hydrogens (tertiary/aromatic N) is 2. The number of amides is 1. The molecule has 1 aliphatic rings. The third kappa shape index (κ3) is 4.68. The van der Waals surface area contributed by atoms with Gasteiger partial charge in [0.1, 0.15) is 5.75 Å². The van der Waals surface area contributed by atoms with Crippen molar-refractivity contribution in [2.24, 2.45) is 0 Å². The maximum absolute atomic E-state index is 11.6. The fraction of sp³-hybridized carbons (Fsp3) is 0.471. The monoisotopic (exact) mass is 302 g/mol. The molecular weight excluding hydrogens is 280 g/mol. The van der Waals surface area contributed by atoms with E-state index in [9.17, 15) is 4.79 Å². The first-order valence-electron chi connectivity index (χ1n) is 7.50. The van der Waals surface area contributed by atoms with Crippen molar-refractivity contribution in [1.82, 2.24) is 9.80 Å². The van der Waals surface area contributed by atoms with Gasteiger partial charge in [0.25, 0.3) is 0 Å². The zero-order valence-electron chi connectivity index (χ0n) is 13.2. The Balaban J connectivity index is 1.79. The highest BCUT2D eigenvalue weighted by Gasteiger charge is 2.20. The SMILES string of the molecule is CCOC(=O)N1CCN(CC#Cc2cccc(OC)c2)CC1. The Labute approximate surface area is 131 Å². The fourth-order valence-corrected chi connectivity index (χ4v) is 2.26. The third-order valence-corrected chi connectivity index (χ3v) is 3.50. The fourth-order valence-electron chi connectivity index (χ4n) is 2.26. The molecule has 22 heavy (non-hydrogen) atoms. The molecule has 0 spiro atoms. The van der Waals surface area contributed by atoms with E-state index in [-0.39, 0.29) is 6.09 Å². The van der Waals surface area contributed by atoms with Gasteiger partial charge in [-0.25, -0.2) is 4.79 Å². The van der Waals surface area contributed by atoms with E-state index in [1.807, 2.05) is 31.2 Å². The number of hydrogen-bond acceptors (Lipinski definition) is 4. The molecule has 5 nitrogen and oxygen atoms in total. The molecular formula is C17H22N2O3. The summed E-state index contributed by atoms with van der Waals surface area (Å²) in [6, 6.07) is 7.72. The Bertz CT molecular complexity index is 555. The van der Waals surface area contributed by atoms with E-state index in [4.69, 9.17) is 9.47 Å². The molecule has 1 fully saturated rings. The molecule has 2 rings (SSSR count). The average molecular weight is 302 g/mol. The van der Waals surface area contributed by atoms with Gasteiger partial charge in [-0.2, -0.15) is 0 Å². The van der Waals surface area contributed by atoms with Crippen molar-refractivity contribution in [2.75, 3.05) is 46.4 Å². The summed E-state index contributed by atoms with van der Waals surface area (Å²) in [5, 5.41) is 0. The van der Waals surface area contributed by atoms with Gasteiger partial charge in [0.05, 0.1) is 20.3 Å². The van der Waals surface area contributed by atoms with Crippen LogP contribution in [0, 0.1) is 11.8 Å². The number of ether oxygens (including phenoxy) is 2. The maximum atomic E-state index is 11.6. The van der Waals surface area contributed by atoms with E-state index < -0.39 is 0 Å². The van der Waals surface area contributed by atoms with Crippen LogP contribution >= 0.6 is 0 Å². The summed E-state index contributed by atoms with van der Waals surface area (Å²) in [5.74, 6) is 7.14. The summed E-state index contributed by atoms with van der Waals surface area (Å²) in [7, 11) is 1.65. The second kappa shape index (κ2) is 8.30. The zero-order chi connectivity index (χ0) is 15.8. The number of hydrogen-bond donors (Lipinski definition) is 0. The Kier molecular flexibility index (Phi) is 6.11. The van der Waals surface area contributed by atoms with Crippen molar-refractivity contribution in [2.45, 2.75) is 6.92 Å². The predicted octanol–water partition coefficient (Wildman–Crippen LogP) is 1.82. The summed E-state index contributed by atoms with van der Waals surface area (Å²) in [6.45, 7) is 5.98. The van der Waals surface area contributed by atoms with Crippen LogP contribution in [0.3, 0.4) is 0 Å². The van der Waals surface area contributed by atoms with Gasteiger partial charge >= 0.3 is 6.09 Å². The Morgan fingerprint density at radius 3 is 2.73 bits per heavy atom. The van der Waals surface area contributed by atoms with Gasteiger partial charge in [0.15, 0.2) is 0 Å². The van der Waals surface area contributed by atoms with Crippen LogP contribution in [0.25, 0.3) is 0 Å². The molecule has 0 aliphatic carbocycles. The largest absolute Gasteiger partial charge is 0.497 e. The minimum atomic E-state index is -0.218. The lowest BCUT2D eigenvalue weighted by Crippen LogP contribution is -2.48. The molecule has 0 saturated carbocycles. The number of carbonyl (C=O) groups excluding carboxylic acids is 1. The Hall–Kier alpha value is -2.19. The van der Waals surface area contributed by atoms with Gasteiger partial charge in [-0.05, 0) is 25.1 Å². The molecule has 1 aromatic carbocycles. The van der Waals surface area contributed by atoms with Gasteiger partial charge in [0.2, 0.25) is 0 Å². The first-order chi connectivity index (χ1) is 10.7. The highest BCUT2D eigenvalue weighted by molar-refractivity contribution is 5.67. The number of benzene rings is 1. The molecule has 1 saturated heterocycles. The van der Waals surface area contributed by atoms with Crippen LogP contribution < -0.4 is 4.74 Å². The van der Waals surface area contributed by atoms with Crippen molar-refractivity contribution in [1.29, 1.82) is 0 Å². The van der Waals surface area contributed by atoms with Crippen LogP contribution in [0.5, 0.6) is 5.75 Å². The van der Waals surface area contributed by atoms with Gasteiger partial charge in [-0.3, -0.25) is 4.90 Å². The van der Waals surface area contributed by atoms with E-state index in [0.29, 0.717) is 26.2 Å². The van der Waals surface area contributed by atoms with Crippen LogP contribution in [0.2, 0.25) is 0 Å². The van der Waals surface area contributed by atoms with Crippen molar-refractivity contribution in [3.63, 3.8) is 0 Å². The van der Waals surface area contributed by atoms with E-state index in [0.717, 1.165) is 24.4 Å². The number of piperazine rings is 1. The maximum Gasteiger partial charge on any atom is 0.409 e. The number of methoxy groups -OCH3 is 1. The third-order valence-electron chi connectivity index (χ3n) is 3.50. The average Bonchev–Trinajstić information content (AvgIpc) is 2.56. The van der Waals surface area contributed by atoms with Crippen molar-refractivity contribution in [3.05, 3.63) is 29.8 Å². The van der Waals surface area contributed by atoms with Crippen LogP contribution in [-0.4, -0.2) is 62.3 Å². The summed E-state index contributed by atoms with van der Waals surface area (Å²) >= 11 is 0. The quantitative estimate of drug-likeness (QED) is 0.799. The first-order valence-corrected chi connectivity index (χ1v) is 7.50. The molecule has 1 aliphatic heterocycles. The molecule has 1 aromatic rings. The molecule has 0 aromatic heterocycles. The van der Waals surface area contributed by atoms with Crippen LogP contribution in [-0.2, 0) is 4.74 Å². The molecule has 118 valence electrons. The number of carbonyl (C=O) groups is 1. The zero-order valence-corrected chi connectivity index (χ0v) is 13.2. The van der Waals surface area contributed by atoms with Crippen molar-refractivity contribution in [3.8, 4) is 17.6 Å². The lowest BCUT2D eigenvalue weighted by Gasteiger charge is -2.32. The Morgan fingerprint density at radius 1 is 1.27 bits per heavy atom. The van der Waals surface area contributed by atoms with E-state index in [1.54, 1.807) is 12.0 Å². The van der Waals surface area contributed by atoms with Crippen molar-refractivity contribution < 1.29 is 14.3 Å². The van der Waals surface area contributed by atoms with E-state index >= 15 is 0 Å². The standard InChI is InChI=1S/C17H22N2O3/c1-3-22-17(20)19-12-10-18(11-13-19)9-5-7-15-6-4-8-16(14-15)21-2/h4,6,8,14H,3,9-13H2,1-2H3. The second-order valence-corrected chi connectivity index (χ2v) is 5.00. The normalized spacial score (nSPS) is 14.9. The Morgan fingerprint density at radius 2 is 2.05 bits per heavy atom. The lowest BCUT2D eigenvalue weighted by atomic mass is 10.2. The molecule has 1 amide bonds. The molecule has 5 heteroatoms. The van der Waals surface area contributed by atoms with Crippen LogP contribution in [0.1, 0.15) is 12.5 Å². The molecule has 1 heterocycles. The molecule has 0 unspecified atom stereocenters. The lowest BCUT2D eigenvalue weighted by molar-refractivity contribution is 0.0829. The van der Waals surface area contributed by atoms with Crippen LogP contribution in [0.15, 0.2) is 24.3 Å². The van der Waals surface area contributed by atoms with Gasteiger partial charge in [0, 0.05) is 31.7 Å². The van der Waals surface area contributed by atoms with E-state index in [2.05, 4.69) is 16.7 Å². The van der Waals surface area contributed by atoms with Crippen LogP contribution in [0.4, 0.5) is 4.79 Å². The highest BCUT2D eigenvalue weighted by atomic mass is 16.6. The second-order valence-electron chi connectivity index (χ2n) is 5.00. The van der Waals surface area contributed by atoms with Gasteiger partial charge in [-0.15, -0.1) is 0 Å². The highest BCUT2D eigenvalue weighted by Crippen LogP contribution is 2.11.